The van der Waals surface area contributed by atoms with Crippen molar-refractivity contribution in [1.82, 2.24) is 4.90 Å². The average molecular weight is 195 g/mol. The molecule has 0 aromatic carbocycles. The van der Waals surface area contributed by atoms with Crippen LogP contribution in [0.15, 0.2) is 0 Å². The molecule has 1 saturated heterocycles. The molecule has 1 aliphatic rings. The summed E-state index contributed by atoms with van der Waals surface area (Å²) < 4.78 is 4.65. The fraction of sp³-hybridized carbons (Fsp3) is 0.727. The van der Waals surface area contributed by atoms with E-state index in [2.05, 4.69) is 15.6 Å². The van der Waals surface area contributed by atoms with Crippen LogP contribution in [-0.4, -0.2) is 37.6 Å². The zero-order valence-electron chi connectivity index (χ0n) is 8.66. The highest BCUT2D eigenvalue weighted by Crippen LogP contribution is 2.17. The molecular weight excluding hydrogens is 178 g/mol. The molecule has 0 bridgehead atoms. The minimum atomic E-state index is -0.0788. The number of rotatable bonds is 5. The van der Waals surface area contributed by atoms with Crippen molar-refractivity contribution in [3.05, 3.63) is 0 Å². The molecule has 3 heteroatoms. The van der Waals surface area contributed by atoms with Gasteiger partial charge in [-0.25, -0.2) is 0 Å². The molecule has 1 rings (SSSR count). The molecule has 0 unspecified atom stereocenters. The van der Waals surface area contributed by atoms with Gasteiger partial charge < -0.3 is 9.64 Å². The minimum Gasteiger partial charge on any atom is -0.469 e. The number of hydrogen-bond acceptors (Lipinski definition) is 3. The Hall–Kier alpha value is -1.01. The number of likely N-dealkylation sites (tertiary alicyclic amines) is 1. The molecule has 0 amide bonds. The van der Waals surface area contributed by atoms with E-state index in [1.807, 2.05) is 0 Å². The maximum Gasteiger partial charge on any atom is 0.311 e. The number of ether oxygens (including phenoxy) is 1. The zero-order chi connectivity index (χ0) is 10.4. The average Bonchev–Trinajstić information content (AvgIpc) is 2.14. The summed E-state index contributed by atoms with van der Waals surface area (Å²) in [5.41, 5.74) is 0. The number of carbonyl (C=O) groups excluding carboxylic acids is 1. The Balaban J connectivity index is 1.99. The summed E-state index contributed by atoms with van der Waals surface area (Å²) in [5.74, 6) is 2.65. The van der Waals surface area contributed by atoms with Crippen LogP contribution in [0, 0.1) is 18.3 Å². The van der Waals surface area contributed by atoms with Gasteiger partial charge in [-0.3, -0.25) is 4.79 Å². The lowest BCUT2D eigenvalue weighted by Gasteiger charge is -2.37. The van der Waals surface area contributed by atoms with Crippen LogP contribution in [-0.2, 0) is 9.53 Å². The lowest BCUT2D eigenvalue weighted by atomic mass is 10.00. The molecule has 78 valence electrons. The van der Waals surface area contributed by atoms with Gasteiger partial charge in [0.25, 0.3) is 0 Å². The summed E-state index contributed by atoms with van der Waals surface area (Å²) in [4.78, 5) is 13.3. The summed E-state index contributed by atoms with van der Waals surface area (Å²) in [6.45, 7) is 2.75. The smallest absolute Gasteiger partial charge is 0.311 e. The van der Waals surface area contributed by atoms with E-state index in [-0.39, 0.29) is 11.9 Å². The van der Waals surface area contributed by atoms with Crippen LogP contribution in [0.5, 0.6) is 0 Å². The maximum atomic E-state index is 11.0. The SMILES string of the molecule is C#CCCCCN1CC(C(=O)OC)C1. The van der Waals surface area contributed by atoms with Crippen molar-refractivity contribution >= 4 is 5.97 Å². The Bertz CT molecular complexity index is 226. The number of unbranched alkanes of at least 4 members (excludes halogenated alkanes) is 2. The van der Waals surface area contributed by atoms with Gasteiger partial charge in [0.15, 0.2) is 0 Å². The molecule has 0 atom stereocenters. The van der Waals surface area contributed by atoms with E-state index >= 15 is 0 Å². The molecule has 0 radical (unpaired) electrons. The van der Waals surface area contributed by atoms with Crippen LogP contribution >= 0.6 is 0 Å². The standard InChI is InChI=1S/C11H17NO2/c1-3-4-5-6-7-12-8-10(9-12)11(13)14-2/h1,10H,4-9H2,2H3. The summed E-state index contributed by atoms with van der Waals surface area (Å²) >= 11 is 0. The van der Waals surface area contributed by atoms with Gasteiger partial charge in [0.2, 0.25) is 0 Å². The third-order valence-electron chi connectivity index (χ3n) is 2.54. The minimum absolute atomic E-state index is 0.0788. The van der Waals surface area contributed by atoms with Gasteiger partial charge in [-0.15, -0.1) is 12.3 Å². The first-order valence-electron chi connectivity index (χ1n) is 5.01. The molecule has 1 fully saturated rings. The fourth-order valence-electron chi connectivity index (χ4n) is 1.63. The molecular formula is C11H17NO2. The van der Waals surface area contributed by atoms with Crippen LogP contribution in [0.25, 0.3) is 0 Å². The number of carbonyl (C=O) groups is 1. The van der Waals surface area contributed by atoms with Crippen molar-refractivity contribution in [2.45, 2.75) is 19.3 Å². The molecule has 0 saturated carbocycles. The van der Waals surface area contributed by atoms with Gasteiger partial charge in [0, 0.05) is 19.5 Å². The van der Waals surface area contributed by atoms with E-state index in [1.165, 1.54) is 7.11 Å². The van der Waals surface area contributed by atoms with Crippen molar-refractivity contribution in [3.63, 3.8) is 0 Å². The Morgan fingerprint density at radius 2 is 2.29 bits per heavy atom. The van der Waals surface area contributed by atoms with Crippen LogP contribution in [0.4, 0.5) is 0 Å². The fourth-order valence-corrected chi connectivity index (χ4v) is 1.63. The number of esters is 1. The van der Waals surface area contributed by atoms with Crippen molar-refractivity contribution in [2.24, 2.45) is 5.92 Å². The lowest BCUT2D eigenvalue weighted by molar-refractivity contribution is -0.151. The second-order valence-corrected chi connectivity index (χ2v) is 3.64. The third kappa shape index (κ3) is 3.04. The van der Waals surface area contributed by atoms with Crippen molar-refractivity contribution in [3.8, 4) is 12.3 Å². The highest BCUT2D eigenvalue weighted by molar-refractivity contribution is 5.73. The van der Waals surface area contributed by atoms with E-state index in [9.17, 15) is 4.79 Å². The van der Waals surface area contributed by atoms with Crippen LogP contribution in [0.1, 0.15) is 19.3 Å². The first-order valence-corrected chi connectivity index (χ1v) is 5.01. The lowest BCUT2D eigenvalue weighted by Crippen LogP contribution is -2.50. The van der Waals surface area contributed by atoms with Gasteiger partial charge in [-0.1, -0.05) is 0 Å². The second-order valence-electron chi connectivity index (χ2n) is 3.64. The topological polar surface area (TPSA) is 29.5 Å². The van der Waals surface area contributed by atoms with Gasteiger partial charge in [0.05, 0.1) is 13.0 Å². The summed E-state index contributed by atoms with van der Waals surface area (Å²) in [7, 11) is 1.44. The number of terminal acetylenes is 1. The molecule has 0 aromatic heterocycles. The maximum absolute atomic E-state index is 11.0. The van der Waals surface area contributed by atoms with Gasteiger partial charge in [-0.05, 0) is 19.4 Å². The Labute approximate surface area is 85.4 Å². The molecule has 1 aliphatic heterocycles. The molecule has 1 heterocycles. The highest BCUT2D eigenvalue weighted by Gasteiger charge is 2.32. The van der Waals surface area contributed by atoms with Crippen LogP contribution in [0.3, 0.4) is 0 Å². The molecule has 0 spiro atoms. The Morgan fingerprint density at radius 1 is 1.57 bits per heavy atom. The third-order valence-corrected chi connectivity index (χ3v) is 2.54. The van der Waals surface area contributed by atoms with E-state index in [1.54, 1.807) is 0 Å². The summed E-state index contributed by atoms with van der Waals surface area (Å²) in [6.07, 6.45) is 8.20. The van der Waals surface area contributed by atoms with Crippen molar-refractivity contribution in [2.75, 3.05) is 26.7 Å². The summed E-state index contributed by atoms with van der Waals surface area (Å²) in [5, 5.41) is 0. The van der Waals surface area contributed by atoms with Crippen molar-refractivity contribution < 1.29 is 9.53 Å². The van der Waals surface area contributed by atoms with E-state index in [4.69, 9.17) is 6.42 Å². The van der Waals surface area contributed by atoms with Gasteiger partial charge >= 0.3 is 5.97 Å². The van der Waals surface area contributed by atoms with Crippen molar-refractivity contribution in [1.29, 1.82) is 0 Å². The molecule has 0 aromatic rings. The predicted molar refractivity (Wildman–Crippen MR) is 54.6 cm³/mol. The quantitative estimate of drug-likeness (QED) is 0.371. The number of nitrogens with zero attached hydrogens (tertiary/aromatic N) is 1. The van der Waals surface area contributed by atoms with Gasteiger partial charge in [0.1, 0.15) is 0 Å². The molecule has 0 aliphatic carbocycles. The predicted octanol–water partition coefficient (Wildman–Crippen LogP) is 0.895. The van der Waals surface area contributed by atoms with Gasteiger partial charge in [-0.2, -0.15) is 0 Å². The Morgan fingerprint density at radius 3 is 2.86 bits per heavy atom. The summed E-state index contributed by atoms with van der Waals surface area (Å²) in [6, 6.07) is 0. The number of methoxy groups -OCH3 is 1. The monoisotopic (exact) mass is 195 g/mol. The zero-order valence-corrected chi connectivity index (χ0v) is 8.66. The first-order chi connectivity index (χ1) is 6.77. The van der Waals surface area contributed by atoms with E-state index in [0.717, 1.165) is 38.9 Å². The first kappa shape index (κ1) is 11.1. The van der Waals surface area contributed by atoms with E-state index < -0.39 is 0 Å². The second kappa shape index (κ2) is 5.66. The number of hydrogen-bond donors (Lipinski definition) is 0. The molecule has 3 nitrogen and oxygen atoms in total. The molecule has 0 N–H and O–H groups in total. The highest BCUT2D eigenvalue weighted by atomic mass is 16.5. The van der Waals surface area contributed by atoms with Crippen LogP contribution in [0.2, 0.25) is 0 Å². The molecule has 14 heavy (non-hydrogen) atoms. The van der Waals surface area contributed by atoms with Crippen LogP contribution < -0.4 is 0 Å². The van der Waals surface area contributed by atoms with E-state index in [0.29, 0.717) is 0 Å². The Kier molecular flexibility index (Phi) is 4.48. The largest absolute Gasteiger partial charge is 0.469 e. The normalized spacial score (nSPS) is 17.1.